The Morgan fingerprint density at radius 2 is 1.80 bits per heavy atom. The maximum absolute atomic E-state index is 11.9. The van der Waals surface area contributed by atoms with E-state index < -0.39 is 22.0 Å². The number of ether oxygens (including phenoxy) is 1. The summed E-state index contributed by atoms with van der Waals surface area (Å²) < 4.78 is 31.3. The number of carboxylic acids is 1. The Balaban J connectivity index is 2.79. The SMILES string of the molecule is CC(C)COc1ccc(S(=O)(=O)N[C@@H](C)C(=O)O)cc1. The summed E-state index contributed by atoms with van der Waals surface area (Å²) >= 11 is 0. The van der Waals surface area contributed by atoms with Gasteiger partial charge >= 0.3 is 5.97 Å². The summed E-state index contributed by atoms with van der Waals surface area (Å²) in [6.45, 7) is 5.83. The van der Waals surface area contributed by atoms with Crippen molar-refractivity contribution in [2.45, 2.75) is 31.7 Å². The third-order valence-corrected chi connectivity index (χ3v) is 3.98. The molecule has 0 bridgehead atoms. The predicted molar refractivity (Wildman–Crippen MR) is 74.2 cm³/mol. The Kier molecular flexibility index (Phi) is 5.52. The van der Waals surface area contributed by atoms with Crippen LogP contribution in [0.3, 0.4) is 0 Å². The van der Waals surface area contributed by atoms with E-state index >= 15 is 0 Å². The largest absolute Gasteiger partial charge is 0.493 e. The maximum Gasteiger partial charge on any atom is 0.321 e. The van der Waals surface area contributed by atoms with Crippen molar-refractivity contribution >= 4 is 16.0 Å². The lowest BCUT2D eigenvalue weighted by Crippen LogP contribution is -2.38. The molecule has 6 nitrogen and oxygen atoms in total. The molecule has 0 radical (unpaired) electrons. The molecule has 0 amide bonds. The van der Waals surface area contributed by atoms with Crippen molar-refractivity contribution in [1.29, 1.82) is 0 Å². The monoisotopic (exact) mass is 301 g/mol. The lowest BCUT2D eigenvalue weighted by atomic mass is 10.2. The van der Waals surface area contributed by atoms with Gasteiger partial charge in [0.2, 0.25) is 10.0 Å². The van der Waals surface area contributed by atoms with Gasteiger partial charge in [-0.1, -0.05) is 13.8 Å². The molecular formula is C13H19NO5S. The van der Waals surface area contributed by atoms with E-state index in [0.717, 1.165) is 0 Å². The van der Waals surface area contributed by atoms with Gasteiger partial charge in [0.05, 0.1) is 11.5 Å². The van der Waals surface area contributed by atoms with Gasteiger partial charge in [0.25, 0.3) is 0 Å². The molecule has 20 heavy (non-hydrogen) atoms. The van der Waals surface area contributed by atoms with Crippen LogP contribution in [-0.2, 0) is 14.8 Å². The minimum absolute atomic E-state index is 0.00231. The fourth-order valence-electron chi connectivity index (χ4n) is 1.33. The summed E-state index contributed by atoms with van der Waals surface area (Å²) in [6.07, 6.45) is 0. The van der Waals surface area contributed by atoms with Crippen molar-refractivity contribution in [3.8, 4) is 5.75 Å². The first-order valence-electron chi connectivity index (χ1n) is 6.20. The smallest absolute Gasteiger partial charge is 0.321 e. The molecule has 112 valence electrons. The van der Waals surface area contributed by atoms with Crippen LogP contribution in [0.15, 0.2) is 29.2 Å². The number of carbonyl (C=O) groups is 1. The molecule has 0 aliphatic carbocycles. The molecule has 0 saturated heterocycles. The number of nitrogens with one attached hydrogen (secondary N) is 1. The second-order valence-corrected chi connectivity index (χ2v) is 6.57. The second-order valence-electron chi connectivity index (χ2n) is 4.86. The van der Waals surface area contributed by atoms with E-state index in [1.54, 1.807) is 12.1 Å². The Morgan fingerprint density at radius 1 is 1.25 bits per heavy atom. The molecule has 1 atom stereocenters. The second kappa shape index (κ2) is 6.71. The number of hydrogen-bond donors (Lipinski definition) is 2. The molecule has 0 saturated carbocycles. The van der Waals surface area contributed by atoms with Gasteiger partial charge in [-0.05, 0) is 37.1 Å². The van der Waals surface area contributed by atoms with Gasteiger partial charge in [-0.25, -0.2) is 8.42 Å². The summed E-state index contributed by atoms with van der Waals surface area (Å²) in [5.74, 6) is -0.286. The van der Waals surface area contributed by atoms with Crippen molar-refractivity contribution in [2.75, 3.05) is 6.61 Å². The maximum atomic E-state index is 11.9. The number of aliphatic carboxylic acids is 1. The van der Waals surface area contributed by atoms with E-state index in [4.69, 9.17) is 9.84 Å². The summed E-state index contributed by atoms with van der Waals surface area (Å²) in [5.41, 5.74) is 0. The number of rotatable bonds is 7. The normalized spacial score (nSPS) is 13.2. The Morgan fingerprint density at radius 3 is 2.25 bits per heavy atom. The van der Waals surface area contributed by atoms with Crippen molar-refractivity contribution in [2.24, 2.45) is 5.92 Å². The first-order valence-corrected chi connectivity index (χ1v) is 7.68. The van der Waals surface area contributed by atoms with Crippen LogP contribution in [0.2, 0.25) is 0 Å². The first kappa shape index (κ1) is 16.5. The summed E-state index contributed by atoms with van der Waals surface area (Å²) in [7, 11) is -3.84. The number of carboxylic acid groups (broad SMARTS) is 1. The van der Waals surface area contributed by atoms with Crippen LogP contribution in [0, 0.1) is 5.92 Å². The highest BCUT2D eigenvalue weighted by Gasteiger charge is 2.21. The van der Waals surface area contributed by atoms with E-state index in [2.05, 4.69) is 4.72 Å². The van der Waals surface area contributed by atoms with Crippen LogP contribution in [0.4, 0.5) is 0 Å². The summed E-state index contributed by atoms with van der Waals surface area (Å²) in [6, 6.07) is 4.67. The summed E-state index contributed by atoms with van der Waals surface area (Å²) in [5, 5.41) is 8.71. The van der Waals surface area contributed by atoms with E-state index in [0.29, 0.717) is 18.3 Å². The van der Waals surface area contributed by atoms with Crippen LogP contribution < -0.4 is 9.46 Å². The molecule has 0 fully saturated rings. The molecule has 1 aromatic rings. The molecule has 2 N–H and O–H groups in total. The highest BCUT2D eigenvalue weighted by Crippen LogP contribution is 2.16. The van der Waals surface area contributed by atoms with Crippen molar-refractivity contribution < 1.29 is 23.1 Å². The van der Waals surface area contributed by atoms with E-state index in [9.17, 15) is 13.2 Å². The summed E-state index contributed by atoms with van der Waals surface area (Å²) in [4.78, 5) is 10.7. The average Bonchev–Trinajstić information content (AvgIpc) is 2.36. The van der Waals surface area contributed by atoms with Gasteiger partial charge < -0.3 is 9.84 Å². The molecule has 1 rings (SSSR count). The van der Waals surface area contributed by atoms with Crippen LogP contribution in [0.1, 0.15) is 20.8 Å². The van der Waals surface area contributed by atoms with Crippen LogP contribution in [0.25, 0.3) is 0 Å². The van der Waals surface area contributed by atoms with Gasteiger partial charge in [-0.3, -0.25) is 4.79 Å². The van der Waals surface area contributed by atoms with Gasteiger partial charge in [0.15, 0.2) is 0 Å². The fourth-order valence-corrected chi connectivity index (χ4v) is 2.53. The molecule has 0 aliphatic heterocycles. The fraction of sp³-hybridized carbons (Fsp3) is 0.462. The van der Waals surface area contributed by atoms with Crippen LogP contribution in [0.5, 0.6) is 5.75 Å². The van der Waals surface area contributed by atoms with Crippen LogP contribution >= 0.6 is 0 Å². The zero-order valence-electron chi connectivity index (χ0n) is 11.7. The highest BCUT2D eigenvalue weighted by molar-refractivity contribution is 7.89. The van der Waals surface area contributed by atoms with Crippen molar-refractivity contribution in [1.82, 2.24) is 4.72 Å². The molecular weight excluding hydrogens is 282 g/mol. The first-order chi connectivity index (χ1) is 9.22. The van der Waals surface area contributed by atoms with Gasteiger partial charge in [-0.15, -0.1) is 0 Å². The minimum atomic E-state index is -3.84. The lowest BCUT2D eigenvalue weighted by Gasteiger charge is -2.11. The molecule has 1 aromatic carbocycles. The zero-order valence-corrected chi connectivity index (χ0v) is 12.5. The Bertz CT molecular complexity index is 551. The lowest BCUT2D eigenvalue weighted by molar-refractivity contribution is -0.138. The molecule has 0 aliphatic rings. The quantitative estimate of drug-likeness (QED) is 0.795. The number of hydrogen-bond acceptors (Lipinski definition) is 4. The van der Waals surface area contributed by atoms with Gasteiger partial charge in [0.1, 0.15) is 11.8 Å². The van der Waals surface area contributed by atoms with E-state index in [-0.39, 0.29) is 4.90 Å². The molecule has 0 spiro atoms. The van der Waals surface area contributed by atoms with E-state index in [1.807, 2.05) is 13.8 Å². The third kappa shape index (κ3) is 4.82. The average molecular weight is 301 g/mol. The third-order valence-electron chi connectivity index (χ3n) is 2.42. The highest BCUT2D eigenvalue weighted by atomic mass is 32.2. The zero-order chi connectivity index (χ0) is 15.3. The van der Waals surface area contributed by atoms with Crippen molar-refractivity contribution in [3.05, 3.63) is 24.3 Å². The Labute approximate surface area is 118 Å². The molecule has 7 heteroatoms. The number of benzene rings is 1. The predicted octanol–water partition coefficient (Wildman–Crippen LogP) is 1.47. The van der Waals surface area contributed by atoms with E-state index in [1.165, 1.54) is 19.1 Å². The molecule has 0 aromatic heterocycles. The number of sulfonamides is 1. The van der Waals surface area contributed by atoms with Crippen molar-refractivity contribution in [3.63, 3.8) is 0 Å². The van der Waals surface area contributed by atoms with Crippen LogP contribution in [-0.4, -0.2) is 32.1 Å². The topological polar surface area (TPSA) is 92.7 Å². The minimum Gasteiger partial charge on any atom is -0.493 e. The standard InChI is InChI=1S/C13H19NO5S/c1-9(2)8-19-11-4-6-12(7-5-11)20(17,18)14-10(3)13(15)16/h4-7,9-10,14H,8H2,1-3H3,(H,15,16)/t10-/m0/s1. The Hall–Kier alpha value is -1.60. The van der Waals surface area contributed by atoms with Gasteiger partial charge in [0, 0.05) is 0 Å². The van der Waals surface area contributed by atoms with Gasteiger partial charge in [-0.2, -0.15) is 4.72 Å². The molecule has 0 unspecified atom stereocenters. The molecule has 0 heterocycles.